The molecule has 0 spiro atoms. The maximum atomic E-state index is 12.9. The van der Waals surface area contributed by atoms with Crippen LogP contribution >= 0.6 is 0 Å². The van der Waals surface area contributed by atoms with E-state index in [0.717, 1.165) is 57.8 Å². The lowest BCUT2D eigenvalue weighted by Crippen LogP contribution is -2.30. The second-order valence-corrected chi connectivity index (χ2v) is 25.9. The normalized spacial score (nSPS) is 11.9. The summed E-state index contributed by atoms with van der Waals surface area (Å²) >= 11 is 0. The van der Waals surface area contributed by atoms with Gasteiger partial charge in [0.1, 0.15) is 13.2 Å². The molecule has 0 aromatic heterocycles. The Morgan fingerprint density at radius 1 is 0.198 bits per heavy atom. The standard InChI is InChI=1S/C75H146O6/c1-4-7-10-13-16-19-22-25-27-29-30-31-32-33-34-35-36-37-38-39-40-41-42-43-44-45-47-48-50-53-56-59-62-65-68-74(77)80-71-72(70-79-73(76)67-64-61-58-55-52-24-21-18-15-12-9-6-3)81-75(78)69-66-63-60-57-54-51-49-46-28-26-23-20-17-14-11-8-5-2/h72H,4-71H2,1-3H3. The maximum Gasteiger partial charge on any atom is 0.306 e. The predicted octanol–water partition coefficient (Wildman–Crippen LogP) is 25.8. The molecular weight excluding hydrogens is 997 g/mol. The van der Waals surface area contributed by atoms with Crippen LogP contribution in [0.4, 0.5) is 0 Å². The van der Waals surface area contributed by atoms with Crippen molar-refractivity contribution in [1.29, 1.82) is 0 Å². The largest absolute Gasteiger partial charge is 0.462 e. The van der Waals surface area contributed by atoms with Gasteiger partial charge in [-0.15, -0.1) is 0 Å². The maximum absolute atomic E-state index is 12.9. The molecule has 81 heavy (non-hydrogen) atoms. The van der Waals surface area contributed by atoms with Gasteiger partial charge in [-0.3, -0.25) is 14.4 Å². The number of rotatable bonds is 71. The van der Waals surface area contributed by atoms with Crippen LogP contribution in [0.1, 0.15) is 445 Å². The van der Waals surface area contributed by atoms with Gasteiger partial charge < -0.3 is 14.2 Å². The van der Waals surface area contributed by atoms with Gasteiger partial charge in [0.15, 0.2) is 6.10 Å². The predicted molar refractivity (Wildman–Crippen MR) is 354 cm³/mol. The summed E-state index contributed by atoms with van der Waals surface area (Å²) in [5, 5.41) is 0. The van der Waals surface area contributed by atoms with Crippen molar-refractivity contribution >= 4 is 17.9 Å². The zero-order valence-corrected chi connectivity index (χ0v) is 55.6. The Hall–Kier alpha value is -1.59. The average molecular weight is 1140 g/mol. The number of hydrogen-bond acceptors (Lipinski definition) is 6. The van der Waals surface area contributed by atoms with Crippen molar-refractivity contribution in [2.45, 2.75) is 451 Å². The fraction of sp³-hybridized carbons (Fsp3) is 0.960. The van der Waals surface area contributed by atoms with Crippen molar-refractivity contribution < 1.29 is 28.6 Å². The van der Waals surface area contributed by atoms with Crippen LogP contribution in [-0.4, -0.2) is 37.2 Å². The fourth-order valence-electron chi connectivity index (χ4n) is 12.0. The Bertz CT molecular complexity index is 1220. The Kier molecular flexibility index (Phi) is 69.5. The molecule has 0 N–H and O–H groups in total. The zero-order valence-electron chi connectivity index (χ0n) is 55.6. The molecule has 1 atom stereocenters. The molecule has 0 rings (SSSR count). The van der Waals surface area contributed by atoms with Gasteiger partial charge in [-0.05, 0) is 19.3 Å². The lowest BCUT2D eigenvalue weighted by atomic mass is 10.0. The van der Waals surface area contributed by atoms with E-state index in [1.54, 1.807) is 0 Å². The third kappa shape index (κ3) is 69.1. The monoisotopic (exact) mass is 1140 g/mol. The Labute approximate surface area is 508 Å². The highest BCUT2D eigenvalue weighted by Gasteiger charge is 2.20. The molecule has 0 saturated carbocycles. The van der Waals surface area contributed by atoms with Crippen molar-refractivity contribution in [3.63, 3.8) is 0 Å². The van der Waals surface area contributed by atoms with E-state index < -0.39 is 6.10 Å². The van der Waals surface area contributed by atoms with Crippen LogP contribution < -0.4 is 0 Å². The van der Waals surface area contributed by atoms with Crippen LogP contribution in [0.25, 0.3) is 0 Å². The molecule has 1 unspecified atom stereocenters. The molecule has 6 heteroatoms. The minimum absolute atomic E-state index is 0.0603. The highest BCUT2D eigenvalue weighted by molar-refractivity contribution is 5.71. The zero-order chi connectivity index (χ0) is 58.5. The number of esters is 3. The first-order valence-corrected chi connectivity index (χ1v) is 37.5. The van der Waals surface area contributed by atoms with E-state index in [4.69, 9.17) is 14.2 Å². The smallest absolute Gasteiger partial charge is 0.306 e. The summed E-state index contributed by atoms with van der Waals surface area (Å²) in [5.41, 5.74) is 0. The lowest BCUT2D eigenvalue weighted by molar-refractivity contribution is -0.167. The van der Waals surface area contributed by atoms with E-state index >= 15 is 0 Å². The number of carbonyl (C=O) groups excluding carboxylic acids is 3. The van der Waals surface area contributed by atoms with Crippen LogP contribution in [0.15, 0.2) is 0 Å². The molecule has 0 aliphatic carbocycles. The lowest BCUT2D eigenvalue weighted by Gasteiger charge is -2.18. The van der Waals surface area contributed by atoms with Crippen LogP contribution in [-0.2, 0) is 28.6 Å². The van der Waals surface area contributed by atoms with E-state index in [1.807, 2.05) is 0 Å². The molecule has 6 nitrogen and oxygen atoms in total. The van der Waals surface area contributed by atoms with E-state index in [2.05, 4.69) is 20.8 Å². The molecule has 0 aromatic rings. The number of hydrogen-bond donors (Lipinski definition) is 0. The summed E-state index contributed by atoms with van der Waals surface area (Å²) in [6.45, 7) is 6.74. The molecule has 0 fully saturated rings. The van der Waals surface area contributed by atoms with Crippen LogP contribution in [0.3, 0.4) is 0 Å². The van der Waals surface area contributed by atoms with E-state index in [9.17, 15) is 14.4 Å². The molecule has 0 aromatic carbocycles. The van der Waals surface area contributed by atoms with Gasteiger partial charge in [-0.1, -0.05) is 406 Å². The Morgan fingerprint density at radius 3 is 0.494 bits per heavy atom. The van der Waals surface area contributed by atoms with E-state index in [0.29, 0.717) is 19.3 Å². The number of carbonyl (C=O) groups is 3. The van der Waals surface area contributed by atoms with E-state index in [1.165, 1.54) is 347 Å². The second-order valence-electron chi connectivity index (χ2n) is 25.9. The molecule has 0 aliphatic rings. The van der Waals surface area contributed by atoms with E-state index in [-0.39, 0.29) is 31.1 Å². The first-order valence-electron chi connectivity index (χ1n) is 37.5. The first-order chi connectivity index (χ1) is 40.0. The molecule has 0 radical (unpaired) electrons. The molecule has 0 amide bonds. The summed E-state index contributed by atoms with van der Waals surface area (Å²) in [5.74, 6) is -0.822. The molecule has 482 valence electrons. The third-order valence-corrected chi connectivity index (χ3v) is 17.6. The minimum Gasteiger partial charge on any atom is -0.462 e. The van der Waals surface area contributed by atoms with Gasteiger partial charge in [-0.2, -0.15) is 0 Å². The first kappa shape index (κ1) is 79.4. The van der Waals surface area contributed by atoms with Gasteiger partial charge in [0.05, 0.1) is 0 Å². The van der Waals surface area contributed by atoms with Crippen molar-refractivity contribution in [1.82, 2.24) is 0 Å². The fourth-order valence-corrected chi connectivity index (χ4v) is 12.0. The van der Waals surface area contributed by atoms with Gasteiger partial charge in [0, 0.05) is 19.3 Å². The highest BCUT2D eigenvalue weighted by Crippen LogP contribution is 2.20. The molecule has 0 aliphatic heterocycles. The Morgan fingerprint density at radius 2 is 0.333 bits per heavy atom. The number of unbranched alkanes of at least 4 members (excludes halogenated alkanes) is 60. The van der Waals surface area contributed by atoms with Crippen LogP contribution in [0.5, 0.6) is 0 Å². The van der Waals surface area contributed by atoms with Gasteiger partial charge >= 0.3 is 17.9 Å². The molecule has 0 saturated heterocycles. The average Bonchev–Trinajstić information content (AvgIpc) is 3.47. The van der Waals surface area contributed by atoms with Crippen molar-refractivity contribution in [2.24, 2.45) is 0 Å². The molecular formula is C75H146O6. The minimum atomic E-state index is -0.763. The quantitative estimate of drug-likeness (QED) is 0.0343. The van der Waals surface area contributed by atoms with Gasteiger partial charge in [-0.25, -0.2) is 0 Å². The van der Waals surface area contributed by atoms with Crippen LogP contribution in [0.2, 0.25) is 0 Å². The SMILES string of the molecule is CCCCCCCCCCCCCCCCCCCCCCCCCCCCCCCCCCCCC(=O)OCC(COC(=O)CCCCCCCCCCCCCC)OC(=O)CCCCCCCCCCCCCCCCCCC. The number of ether oxygens (including phenoxy) is 3. The van der Waals surface area contributed by atoms with Crippen molar-refractivity contribution in [3.05, 3.63) is 0 Å². The van der Waals surface area contributed by atoms with Crippen LogP contribution in [0, 0.1) is 0 Å². The summed E-state index contributed by atoms with van der Waals surface area (Å²) in [6.07, 6.45) is 84.6. The van der Waals surface area contributed by atoms with Gasteiger partial charge in [0.2, 0.25) is 0 Å². The van der Waals surface area contributed by atoms with Gasteiger partial charge in [0.25, 0.3) is 0 Å². The Balaban J connectivity index is 4.02. The summed E-state index contributed by atoms with van der Waals surface area (Å²) in [4.78, 5) is 38.4. The molecule has 0 bridgehead atoms. The highest BCUT2D eigenvalue weighted by atomic mass is 16.6. The van der Waals surface area contributed by atoms with Crippen molar-refractivity contribution in [3.8, 4) is 0 Å². The second kappa shape index (κ2) is 70.9. The van der Waals surface area contributed by atoms with Crippen molar-refractivity contribution in [2.75, 3.05) is 13.2 Å². The topological polar surface area (TPSA) is 78.9 Å². The third-order valence-electron chi connectivity index (χ3n) is 17.6. The summed E-state index contributed by atoms with van der Waals surface area (Å²) < 4.78 is 17.0. The summed E-state index contributed by atoms with van der Waals surface area (Å²) in [7, 11) is 0. The molecule has 0 heterocycles. The summed E-state index contributed by atoms with van der Waals surface area (Å²) in [6, 6.07) is 0.